The molecule has 0 aliphatic heterocycles. The summed E-state index contributed by atoms with van der Waals surface area (Å²) in [7, 11) is 0. The van der Waals surface area contributed by atoms with Gasteiger partial charge in [-0.15, -0.1) is 0 Å². The topological polar surface area (TPSA) is 157 Å². The van der Waals surface area contributed by atoms with E-state index in [1.165, 1.54) is 36.4 Å². The number of nitrogens with zero attached hydrogens (tertiary/aromatic N) is 2. The van der Waals surface area contributed by atoms with Gasteiger partial charge in [-0.3, -0.25) is 20.2 Å². The first-order valence-corrected chi connectivity index (χ1v) is 7.73. The Morgan fingerprint density at radius 3 is 1.50 bits per heavy atom. The number of anilines is 2. The van der Waals surface area contributed by atoms with Crippen LogP contribution in [0.5, 0.6) is 11.5 Å². The van der Waals surface area contributed by atoms with E-state index in [0.717, 1.165) is 0 Å². The molecule has 0 saturated heterocycles. The predicted molar refractivity (Wildman–Crippen MR) is 95.2 cm³/mol. The van der Waals surface area contributed by atoms with E-state index in [4.69, 9.17) is 20.9 Å². The van der Waals surface area contributed by atoms with Crippen molar-refractivity contribution in [2.45, 2.75) is 12.8 Å². The highest BCUT2D eigenvalue weighted by Gasteiger charge is 2.18. The number of para-hydroxylation sites is 2. The normalized spacial score (nSPS) is 10.3. The van der Waals surface area contributed by atoms with Crippen LogP contribution in [0.15, 0.2) is 36.4 Å². The third-order valence-corrected chi connectivity index (χ3v) is 3.47. The van der Waals surface area contributed by atoms with Gasteiger partial charge in [0.1, 0.15) is 0 Å². The SMILES string of the molecule is Nc1cccc([N+](=O)[O-])c1OCCCCOc1c(N)cccc1[N+](=O)[O-]. The Morgan fingerprint density at radius 1 is 0.769 bits per heavy atom. The highest BCUT2D eigenvalue weighted by molar-refractivity contribution is 5.64. The Labute approximate surface area is 148 Å². The average molecular weight is 362 g/mol. The average Bonchev–Trinajstić information content (AvgIpc) is 2.59. The van der Waals surface area contributed by atoms with Gasteiger partial charge in [0.25, 0.3) is 0 Å². The third kappa shape index (κ3) is 4.50. The summed E-state index contributed by atoms with van der Waals surface area (Å²) in [4.78, 5) is 20.8. The van der Waals surface area contributed by atoms with Crippen LogP contribution in [0.1, 0.15) is 12.8 Å². The maximum absolute atomic E-state index is 11.0. The third-order valence-electron chi connectivity index (χ3n) is 3.47. The standard InChI is InChI=1S/C16H18N4O6/c17-11-5-3-7-13(19(21)22)15(11)25-9-1-2-10-26-16-12(18)6-4-8-14(16)20(23)24/h3-8H,1-2,9-10,17-18H2. The molecule has 0 saturated carbocycles. The lowest BCUT2D eigenvalue weighted by Crippen LogP contribution is -2.07. The maximum atomic E-state index is 11.0. The molecule has 0 atom stereocenters. The van der Waals surface area contributed by atoms with Crippen LogP contribution in [0.2, 0.25) is 0 Å². The van der Waals surface area contributed by atoms with E-state index < -0.39 is 9.85 Å². The summed E-state index contributed by atoms with van der Waals surface area (Å²) in [5, 5.41) is 21.9. The van der Waals surface area contributed by atoms with Gasteiger partial charge in [-0.25, -0.2) is 0 Å². The minimum Gasteiger partial charge on any atom is -0.485 e. The molecule has 0 aliphatic carbocycles. The molecule has 0 aromatic heterocycles. The molecule has 0 amide bonds. The Hall–Kier alpha value is -3.56. The number of nitrogens with two attached hydrogens (primary N) is 2. The monoisotopic (exact) mass is 362 g/mol. The highest BCUT2D eigenvalue weighted by Crippen LogP contribution is 2.34. The fourth-order valence-corrected chi connectivity index (χ4v) is 2.24. The van der Waals surface area contributed by atoms with Crippen LogP contribution in [0, 0.1) is 20.2 Å². The number of rotatable bonds is 9. The molecule has 10 heteroatoms. The minimum absolute atomic E-state index is 0.0290. The van der Waals surface area contributed by atoms with E-state index in [1.54, 1.807) is 0 Å². The van der Waals surface area contributed by atoms with Gasteiger partial charge in [0, 0.05) is 12.1 Å². The van der Waals surface area contributed by atoms with Gasteiger partial charge in [-0.2, -0.15) is 0 Å². The van der Waals surface area contributed by atoms with Crippen LogP contribution in [0.3, 0.4) is 0 Å². The van der Waals surface area contributed by atoms with Crippen molar-refractivity contribution in [1.29, 1.82) is 0 Å². The number of unbranched alkanes of at least 4 members (excludes halogenated alkanes) is 1. The molecule has 2 rings (SSSR count). The van der Waals surface area contributed by atoms with Crippen molar-refractivity contribution in [3.8, 4) is 11.5 Å². The second-order valence-corrected chi connectivity index (χ2v) is 5.31. The van der Waals surface area contributed by atoms with Crippen molar-refractivity contribution < 1.29 is 19.3 Å². The van der Waals surface area contributed by atoms with Crippen molar-refractivity contribution in [3.63, 3.8) is 0 Å². The Kier molecular flexibility index (Phi) is 6.15. The zero-order chi connectivity index (χ0) is 19.1. The molecule has 0 unspecified atom stereocenters. The summed E-state index contributed by atoms with van der Waals surface area (Å²) in [5.41, 5.74) is 11.4. The van der Waals surface area contributed by atoms with E-state index in [2.05, 4.69) is 0 Å². The second-order valence-electron chi connectivity index (χ2n) is 5.31. The van der Waals surface area contributed by atoms with Gasteiger partial charge in [-0.05, 0) is 25.0 Å². The number of hydrogen-bond acceptors (Lipinski definition) is 8. The number of hydrogen-bond donors (Lipinski definition) is 2. The van der Waals surface area contributed by atoms with E-state index in [1.807, 2.05) is 0 Å². The molecule has 0 radical (unpaired) electrons. The molecule has 2 aromatic rings. The number of nitro benzene ring substituents is 2. The molecule has 2 aromatic carbocycles. The predicted octanol–water partition coefficient (Wildman–Crippen LogP) is 2.91. The Balaban J connectivity index is 1.85. The van der Waals surface area contributed by atoms with Crippen LogP contribution >= 0.6 is 0 Å². The van der Waals surface area contributed by atoms with Crippen LogP contribution < -0.4 is 20.9 Å². The zero-order valence-electron chi connectivity index (χ0n) is 13.8. The van der Waals surface area contributed by atoms with E-state index >= 15 is 0 Å². The summed E-state index contributed by atoms with van der Waals surface area (Å²) in [6.45, 7) is 0.371. The van der Waals surface area contributed by atoms with Crippen LogP contribution in [0.4, 0.5) is 22.7 Å². The number of ether oxygens (including phenoxy) is 2. The van der Waals surface area contributed by atoms with Gasteiger partial charge in [0.05, 0.1) is 34.4 Å². The maximum Gasteiger partial charge on any atom is 0.313 e. The van der Waals surface area contributed by atoms with Crippen molar-refractivity contribution in [1.82, 2.24) is 0 Å². The first-order chi connectivity index (χ1) is 12.4. The molecule has 10 nitrogen and oxygen atoms in total. The van der Waals surface area contributed by atoms with Gasteiger partial charge < -0.3 is 20.9 Å². The fourth-order valence-electron chi connectivity index (χ4n) is 2.24. The molecule has 0 fully saturated rings. The van der Waals surface area contributed by atoms with Crippen molar-refractivity contribution >= 4 is 22.7 Å². The largest absolute Gasteiger partial charge is 0.485 e. The first-order valence-electron chi connectivity index (χ1n) is 7.73. The Morgan fingerprint density at radius 2 is 1.15 bits per heavy atom. The van der Waals surface area contributed by atoms with Crippen LogP contribution in [0.25, 0.3) is 0 Å². The molecule has 0 aliphatic rings. The van der Waals surface area contributed by atoms with Crippen molar-refractivity contribution in [2.75, 3.05) is 24.7 Å². The molecule has 4 N–H and O–H groups in total. The lowest BCUT2D eigenvalue weighted by Gasteiger charge is -2.10. The minimum atomic E-state index is -0.563. The molecule has 0 spiro atoms. The summed E-state index contributed by atoms with van der Waals surface area (Å²) in [6.07, 6.45) is 1.01. The second kappa shape index (κ2) is 8.51. The number of nitrogen functional groups attached to an aromatic ring is 2. The van der Waals surface area contributed by atoms with Gasteiger partial charge >= 0.3 is 11.4 Å². The summed E-state index contributed by atoms with van der Waals surface area (Å²) in [6, 6.07) is 8.61. The van der Waals surface area contributed by atoms with E-state index in [0.29, 0.717) is 12.8 Å². The summed E-state index contributed by atoms with van der Waals surface area (Å²) < 4.78 is 10.8. The zero-order valence-corrected chi connectivity index (χ0v) is 13.8. The lowest BCUT2D eigenvalue weighted by molar-refractivity contribution is -0.386. The summed E-state index contributed by atoms with van der Waals surface area (Å²) >= 11 is 0. The molecule has 138 valence electrons. The smallest absolute Gasteiger partial charge is 0.313 e. The molecule has 26 heavy (non-hydrogen) atoms. The van der Waals surface area contributed by atoms with Crippen molar-refractivity contribution in [3.05, 3.63) is 56.6 Å². The quantitative estimate of drug-likeness (QED) is 0.298. The van der Waals surface area contributed by atoms with Gasteiger partial charge in [-0.1, -0.05) is 12.1 Å². The first kappa shape index (κ1) is 18.8. The molecular weight excluding hydrogens is 344 g/mol. The van der Waals surface area contributed by atoms with Gasteiger partial charge in [0.15, 0.2) is 0 Å². The highest BCUT2D eigenvalue weighted by atomic mass is 16.6. The molecule has 0 heterocycles. The van der Waals surface area contributed by atoms with E-state index in [-0.39, 0.29) is 47.5 Å². The van der Waals surface area contributed by atoms with Crippen molar-refractivity contribution in [2.24, 2.45) is 0 Å². The molecule has 0 bridgehead atoms. The van der Waals surface area contributed by atoms with Gasteiger partial charge in [0.2, 0.25) is 11.5 Å². The molecular formula is C16H18N4O6. The van der Waals surface area contributed by atoms with Crippen LogP contribution in [-0.2, 0) is 0 Å². The summed E-state index contributed by atoms with van der Waals surface area (Å²) in [5.74, 6) is 0.0581. The lowest BCUT2D eigenvalue weighted by atomic mass is 10.2. The van der Waals surface area contributed by atoms with Crippen LogP contribution in [-0.4, -0.2) is 23.1 Å². The number of benzene rings is 2. The Bertz CT molecular complexity index is 744. The fraction of sp³-hybridized carbons (Fsp3) is 0.250. The van der Waals surface area contributed by atoms with E-state index in [9.17, 15) is 20.2 Å². The number of nitro groups is 2.